The van der Waals surface area contributed by atoms with E-state index in [1.54, 1.807) is 4.90 Å². The minimum absolute atomic E-state index is 0.111. The number of likely N-dealkylation sites (tertiary alicyclic amines) is 1. The van der Waals surface area contributed by atoms with Crippen molar-refractivity contribution >= 4 is 23.4 Å². The molecule has 3 saturated heterocycles. The molecule has 194 valence electrons. The molecule has 4 aliphatic heterocycles. The Balaban J connectivity index is 1.20. The van der Waals surface area contributed by atoms with Crippen molar-refractivity contribution in [3.05, 3.63) is 53.6 Å². The second-order valence-corrected chi connectivity index (χ2v) is 10.8. The Hall–Kier alpha value is -3.23. The molecular formula is C29H35N5O3. The number of nitrogens with zero attached hydrogens (tertiary/aromatic N) is 3. The van der Waals surface area contributed by atoms with Crippen LogP contribution in [0.4, 0.5) is 5.69 Å². The van der Waals surface area contributed by atoms with E-state index in [1.807, 2.05) is 54.3 Å². The number of rotatable bonds is 3. The van der Waals surface area contributed by atoms with Gasteiger partial charge in [-0.3, -0.25) is 19.3 Å². The number of benzene rings is 2. The summed E-state index contributed by atoms with van der Waals surface area (Å²) >= 11 is 0. The van der Waals surface area contributed by atoms with Gasteiger partial charge in [-0.05, 0) is 75.5 Å². The fraction of sp³-hybridized carbons (Fsp3) is 0.483. The number of amides is 3. The van der Waals surface area contributed by atoms with Gasteiger partial charge in [-0.15, -0.1) is 0 Å². The molecule has 0 radical (unpaired) electrons. The summed E-state index contributed by atoms with van der Waals surface area (Å²) in [5.41, 5.74) is 4.17. The SMILES string of the molecule is Cc1ccc(-c2ccc3c(c2)C(=O)N2CCN(C(=O)[C@@H]4CCCN4C4CCNCC4)C[C@H]2C(=O)N3)cc1. The first-order valence-electron chi connectivity index (χ1n) is 13.6. The van der Waals surface area contributed by atoms with Crippen molar-refractivity contribution in [1.29, 1.82) is 0 Å². The third-order valence-electron chi connectivity index (χ3n) is 8.51. The van der Waals surface area contributed by atoms with Crippen molar-refractivity contribution < 1.29 is 14.4 Å². The number of aryl methyl sites for hydroxylation is 1. The van der Waals surface area contributed by atoms with Gasteiger partial charge in [-0.25, -0.2) is 0 Å². The molecule has 0 aromatic heterocycles. The number of carbonyl (C=O) groups excluding carboxylic acids is 3. The van der Waals surface area contributed by atoms with Gasteiger partial charge in [0.1, 0.15) is 6.04 Å². The Bertz CT molecular complexity index is 1210. The lowest BCUT2D eigenvalue weighted by Gasteiger charge is -2.42. The molecule has 0 saturated carbocycles. The van der Waals surface area contributed by atoms with Gasteiger partial charge in [0, 0.05) is 19.1 Å². The second kappa shape index (κ2) is 9.91. The third kappa shape index (κ3) is 4.53. The zero-order valence-electron chi connectivity index (χ0n) is 21.4. The molecule has 37 heavy (non-hydrogen) atoms. The Labute approximate surface area is 218 Å². The van der Waals surface area contributed by atoms with Gasteiger partial charge in [-0.2, -0.15) is 0 Å². The van der Waals surface area contributed by atoms with Crippen LogP contribution in [0.3, 0.4) is 0 Å². The Kier molecular flexibility index (Phi) is 6.46. The summed E-state index contributed by atoms with van der Waals surface area (Å²) in [5.74, 6) is -0.273. The van der Waals surface area contributed by atoms with Gasteiger partial charge in [0.2, 0.25) is 11.8 Å². The van der Waals surface area contributed by atoms with Gasteiger partial charge >= 0.3 is 0 Å². The molecular weight excluding hydrogens is 466 g/mol. The zero-order chi connectivity index (χ0) is 25.5. The largest absolute Gasteiger partial charge is 0.337 e. The van der Waals surface area contributed by atoms with E-state index in [1.165, 1.54) is 5.56 Å². The van der Waals surface area contributed by atoms with Gasteiger partial charge in [0.25, 0.3) is 5.91 Å². The van der Waals surface area contributed by atoms with Crippen molar-refractivity contribution in [2.75, 3.05) is 44.6 Å². The Morgan fingerprint density at radius 1 is 0.919 bits per heavy atom. The standard InChI is InChI=1S/C29H35N5O3/c1-19-4-6-20(7-5-19)21-8-9-24-23(17-21)28(36)34-16-15-32(18-26(34)27(35)31-24)29(37)25-3-2-14-33(25)22-10-12-30-13-11-22/h4-9,17,22,25-26,30H,2-3,10-16,18H2,1H3,(H,31,35)/t25-,26-/m0/s1. The maximum Gasteiger partial charge on any atom is 0.256 e. The van der Waals surface area contributed by atoms with Crippen LogP contribution < -0.4 is 10.6 Å². The Morgan fingerprint density at radius 2 is 1.68 bits per heavy atom. The van der Waals surface area contributed by atoms with Crippen LogP contribution >= 0.6 is 0 Å². The predicted octanol–water partition coefficient (Wildman–Crippen LogP) is 2.48. The highest BCUT2D eigenvalue weighted by atomic mass is 16.2. The molecule has 3 fully saturated rings. The summed E-state index contributed by atoms with van der Waals surface area (Å²) in [7, 11) is 0. The van der Waals surface area contributed by atoms with E-state index >= 15 is 0 Å². The number of piperidine rings is 1. The molecule has 3 amide bonds. The van der Waals surface area contributed by atoms with Crippen LogP contribution in [-0.2, 0) is 9.59 Å². The number of nitrogens with one attached hydrogen (secondary N) is 2. The lowest BCUT2D eigenvalue weighted by molar-refractivity contribution is -0.140. The average molecular weight is 502 g/mol. The molecule has 2 aromatic rings. The lowest BCUT2D eigenvalue weighted by Crippen LogP contribution is -2.62. The average Bonchev–Trinajstić information content (AvgIpc) is 3.40. The summed E-state index contributed by atoms with van der Waals surface area (Å²) in [4.78, 5) is 46.5. The first kappa shape index (κ1) is 24.1. The lowest BCUT2D eigenvalue weighted by atomic mass is 10.00. The second-order valence-electron chi connectivity index (χ2n) is 10.8. The highest BCUT2D eigenvalue weighted by molar-refractivity contribution is 6.10. The van der Waals surface area contributed by atoms with Crippen LogP contribution in [0.5, 0.6) is 0 Å². The highest BCUT2D eigenvalue weighted by Gasteiger charge is 2.44. The van der Waals surface area contributed by atoms with Crippen LogP contribution in [0, 0.1) is 6.92 Å². The molecule has 0 unspecified atom stereocenters. The molecule has 8 nitrogen and oxygen atoms in total. The fourth-order valence-electron chi connectivity index (χ4n) is 6.42. The van der Waals surface area contributed by atoms with Crippen LogP contribution in [0.1, 0.15) is 41.6 Å². The molecule has 4 aliphatic rings. The molecule has 8 heteroatoms. The molecule has 0 aliphatic carbocycles. The summed E-state index contributed by atoms with van der Waals surface area (Å²) in [5, 5.41) is 6.38. The maximum absolute atomic E-state index is 13.7. The third-order valence-corrected chi connectivity index (χ3v) is 8.51. The molecule has 4 heterocycles. The molecule has 2 N–H and O–H groups in total. The summed E-state index contributed by atoms with van der Waals surface area (Å²) < 4.78 is 0. The maximum atomic E-state index is 13.7. The summed E-state index contributed by atoms with van der Waals surface area (Å²) in [6.07, 6.45) is 4.03. The monoisotopic (exact) mass is 501 g/mol. The van der Waals surface area contributed by atoms with E-state index in [-0.39, 0.29) is 30.3 Å². The number of hydrogen-bond donors (Lipinski definition) is 2. The quantitative estimate of drug-likeness (QED) is 0.675. The first-order valence-corrected chi connectivity index (χ1v) is 13.6. The molecule has 0 bridgehead atoms. The number of anilines is 1. The van der Waals surface area contributed by atoms with Crippen molar-refractivity contribution in [2.24, 2.45) is 0 Å². The van der Waals surface area contributed by atoms with Gasteiger partial charge in [0.15, 0.2) is 0 Å². The molecule has 2 atom stereocenters. The number of hydrogen-bond acceptors (Lipinski definition) is 5. The van der Waals surface area contributed by atoms with Crippen molar-refractivity contribution in [3.63, 3.8) is 0 Å². The van der Waals surface area contributed by atoms with E-state index in [9.17, 15) is 14.4 Å². The van der Waals surface area contributed by atoms with Gasteiger partial charge in [0.05, 0.1) is 23.8 Å². The van der Waals surface area contributed by atoms with Crippen molar-refractivity contribution in [1.82, 2.24) is 20.0 Å². The van der Waals surface area contributed by atoms with Crippen LogP contribution in [0.25, 0.3) is 11.1 Å². The minimum atomic E-state index is -0.686. The molecule has 0 spiro atoms. The van der Waals surface area contributed by atoms with Crippen molar-refractivity contribution in [2.45, 2.75) is 50.7 Å². The molecule has 6 rings (SSSR count). The fourth-order valence-corrected chi connectivity index (χ4v) is 6.42. The number of fused-ring (bicyclic) bond motifs is 2. The van der Waals surface area contributed by atoms with Crippen LogP contribution in [0.2, 0.25) is 0 Å². The van der Waals surface area contributed by atoms with E-state index in [0.717, 1.165) is 56.4 Å². The Morgan fingerprint density at radius 3 is 2.46 bits per heavy atom. The van der Waals surface area contributed by atoms with Crippen molar-refractivity contribution in [3.8, 4) is 11.1 Å². The highest BCUT2D eigenvalue weighted by Crippen LogP contribution is 2.31. The van der Waals surface area contributed by atoms with Gasteiger partial charge in [-0.1, -0.05) is 35.9 Å². The van der Waals surface area contributed by atoms with Gasteiger partial charge < -0.3 is 20.4 Å². The predicted molar refractivity (Wildman–Crippen MR) is 142 cm³/mol. The first-order chi connectivity index (χ1) is 18.0. The van der Waals surface area contributed by atoms with E-state index in [0.29, 0.717) is 30.4 Å². The normalized spacial score (nSPS) is 24.9. The summed E-state index contributed by atoms with van der Waals surface area (Å²) in [6.45, 7) is 6.05. The smallest absolute Gasteiger partial charge is 0.256 e. The number of carbonyl (C=O) groups is 3. The number of piperazine rings is 1. The van der Waals surface area contributed by atoms with E-state index < -0.39 is 6.04 Å². The topological polar surface area (TPSA) is 85.0 Å². The zero-order valence-corrected chi connectivity index (χ0v) is 21.4. The summed E-state index contributed by atoms with van der Waals surface area (Å²) in [6, 6.07) is 13.4. The van der Waals surface area contributed by atoms with Crippen LogP contribution in [-0.4, -0.2) is 89.8 Å². The molecule has 2 aromatic carbocycles. The van der Waals surface area contributed by atoms with E-state index in [2.05, 4.69) is 15.5 Å². The minimum Gasteiger partial charge on any atom is -0.337 e. The van der Waals surface area contributed by atoms with Crippen LogP contribution in [0.15, 0.2) is 42.5 Å². The van der Waals surface area contributed by atoms with E-state index in [4.69, 9.17) is 0 Å².